The van der Waals surface area contributed by atoms with E-state index in [4.69, 9.17) is 15.5 Å². The van der Waals surface area contributed by atoms with Crippen LogP contribution in [0.3, 0.4) is 0 Å². The Morgan fingerprint density at radius 3 is 2.92 bits per heavy atom. The fourth-order valence-electron chi connectivity index (χ4n) is 3.17. The molecule has 1 aliphatic heterocycles. The lowest BCUT2D eigenvalue weighted by atomic mass is 10.1. The van der Waals surface area contributed by atoms with Crippen molar-refractivity contribution in [3.63, 3.8) is 0 Å². The summed E-state index contributed by atoms with van der Waals surface area (Å²) in [5.41, 5.74) is 8.61. The average Bonchev–Trinajstić information content (AvgIpc) is 3.11. The van der Waals surface area contributed by atoms with Crippen molar-refractivity contribution in [2.24, 2.45) is 5.73 Å². The van der Waals surface area contributed by atoms with E-state index in [1.165, 1.54) is 0 Å². The third-order valence-electron chi connectivity index (χ3n) is 4.36. The molecule has 6 heteroatoms. The van der Waals surface area contributed by atoms with Crippen molar-refractivity contribution < 1.29 is 4.74 Å². The minimum Gasteiger partial charge on any atom is -0.374 e. The van der Waals surface area contributed by atoms with Crippen LogP contribution in [0.1, 0.15) is 6.42 Å². The summed E-state index contributed by atoms with van der Waals surface area (Å²) in [4.78, 5) is 7.06. The van der Waals surface area contributed by atoms with Crippen LogP contribution in [0, 0.1) is 0 Å². The largest absolute Gasteiger partial charge is 0.374 e. The number of benzene rings is 1. The number of hydrogen-bond donors (Lipinski definition) is 1. The summed E-state index contributed by atoms with van der Waals surface area (Å²) < 4.78 is 7.71. The molecule has 1 aromatic carbocycles. The van der Waals surface area contributed by atoms with Gasteiger partial charge in [-0.15, -0.1) is 0 Å². The summed E-state index contributed by atoms with van der Waals surface area (Å²) in [6, 6.07) is 14.3. The van der Waals surface area contributed by atoms with Gasteiger partial charge in [-0.2, -0.15) is 9.61 Å². The lowest BCUT2D eigenvalue weighted by Crippen LogP contribution is -2.44. The summed E-state index contributed by atoms with van der Waals surface area (Å²) in [6.45, 7) is 3.01. The topological polar surface area (TPSA) is 68.7 Å². The minimum absolute atomic E-state index is 0.169. The minimum atomic E-state index is 0.169. The Kier molecular flexibility index (Phi) is 4.15. The van der Waals surface area contributed by atoms with E-state index in [1.54, 1.807) is 6.20 Å². The molecule has 0 aliphatic carbocycles. The average molecular weight is 323 g/mol. The first-order chi connectivity index (χ1) is 11.8. The number of aromatic nitrogens is 3. The monoisotopic (exact) mass is 323 g/mol. The smallest absolute Gasteiger partial charge is 0.157 e. The fraction of sp³-hybridized carbons (Fsp3) is 0.333. The lowest BCUT2D eigenvalue weighted by molar-refractivity contribution is 0.0365. The lowest BCUT2D eigenvalue weighted by Gasteiger charge is -2.34. The predicted octanol–water partition coefficient (Wildman–Crippen LogP) is 1.95. The van der Waals surface area contributed by atoms with Crippen molar-refractivity contribution >= 4 is 11.5 Å². The van der Waals surface area contributed by atoms with E-state index >= 15 is 0 Å². The zero-order valence-corrected chi connectivity index (χ0v) is 13.5. The zero-order valence-electron chi connectivity index (χ0n) is 13.5. The van der Waals surface area contributed by atoms with Crippen LogP contribution >= 0.6 is 0 Å². The Balaban J connectivity index is 1.75. The maximum Gasteiger partial charge on any atom is 0.157 e. The van der Waals surface area contributed by atoms with Gasteiger partial charge in [-0.1, -0.05) is 30.3 Å². The van der Waals surface area contributed by atoms with E-state index < -0.39 is 0 Å². The van der Waals surface area contributed by atoms with E-state index in [0.717, 1.165) is 42.2 Å². The molecular weight excluding hydrogens is 302 g/mol. The molecule has 0 bridgehead atoms. The normalized spacial score (nSPS) is 18.2. The predicted molar refractivity (Wildman–Crippen MR) is 94.0 cm³/mol. The molecule has 0 saturated carbocycles. The molecule has 1 saturated heterocycles. The Morgan fingerprint density at radius 2 is 2.08 bits per heavy atom. The molecule has 24 heavy (non-hydrogen) atoms. The summed E-state index contributed by atoms with van der Waals surface area (Å²) in [7, 11) is 0. The van der Waals surface area contributed by atoms with Crippen LogP contribution in [0.25, 0.3) is 16.9 Å². The molecule has 6 nitrogen and oxygen atoms in total. The van der Waals surface area contributed by atoms with Crippen LogP contribution in [-0.4, -0.2) is 46.9 Å². The van der Waals surface area contributed by atoms with Crippen molar-refractivity contribution in [2.75, 3.05) is 31.1 Å². The molecule has 1 atom stereocenters. The van der Waals surface area contributed by atoms with Gasteiger partial charge >= 0.3 is 0 Å². The van der Waals surface area contributed by atoms with Gasteiger partial charge in [0.05, 0.1) is 24.6 Å². The number of nitrogens with zero attached hydrogens (tertiary/aromatic N) is 4. The zero-order chi connectivity index (χ0) is 16.4. The Morgan fingerprint density at radius 1 is 1.21 bits per heavy atom. The van der Waals surface area contributed by atoms with Gasteiger partial charge in [0.2, 0.25) is 0 Å². The quantitative estimate of drug-likeness (QED) is 0.795. The molecule has 3 aromatic rings. The molecule has 0 spiro atoms. The van der Waals surface area contributed by atoms with E-state index in [1.807, 2.05) is 28.8 Å². The molecule has 2 aromatic heterocycles. The second-order valence-corrected chi connectivity index (χ2v) is 5.98. The molecule has 1 fully saturated rings. The van der Waals surface area contributed by atoms with Crippen LogP contribution in [0.5, 0.6) is 0 Å². The Bertz CT molecular complexity index is 815. The maximum absolute atomic E-state index is 5.81. The van der Waals surface area contributed by atoms with E-state index in [2.05, 4.69) is 28.2 Å². The number of rotatable bonds is 4. The van der Waals surface area contributed by atoms with Gasteiger partial charge in [-0.25, -0.2) is 4.98 Å². The number of fused-ring (bicyclic) bond motifs is 1. The SMILES string of the molecule is NCCC1CN(c2cc(-c3ccccc3)nc3ccnn23)CCO1. The number of anilines is 1. The second-order valence-electron chi connectivity index (χ2n) is 5.98. The summed E-state index contributed by atoms with van der Waals surface area (Å²) in [5, 5.41) is 4.45. The van der Waals surface area contributed by atoms with Gasteiger partial charge < -0.3 is 15.4 Å². The van der Waals surface area contributed by atoms with Crippen molar-refractivity contribution in [3.05, 3.63) is 48.7 Å². The highest BCUT2D eigenvalue weighted by Crippen LogP contribution is 2.25. The Labute approximate surface area is 140 Å². The first-order valence-electron chi connectivity index (χ1n) is 8.32. The van der Waals surface area contributed by atoms with Crippen LogP contribution in [-0.2, 0) is 4.74 Å². The van der Waals surface area contributed by atoms with E-state index in [-0.39, 0.29) is 6.10 Å². The van der Waals surface area contributed by atoms with Gasteiger partial charge in [0.15, 0.2) is 5.65 Å². The van der Waals surface area contributed by atoms with E-state index in [0.29, 0.717) is 13.2 Å². The standard InChI is InChI=1S/C18H21N5O/c19-8-6-15-13-22(10-11-24-15)18-12-16(14-4-2-1-3-5-14)21-17-7-9-20-23(17)18/h1-5,7,9,12,15H,6,8,10-11,13,19H2. The highest BCUT2D eigenvalue weighted by atomic mass is 16.5. The van der Waals surface area contributed by atoms with Crippen LogP contribution in [0.15, 0.2) is 48.7 Å². The van der Waals surface area contributed by atoms with Crippen molar-refractivity contribution in [3.8, 4) is 11.3 Å². The first kappa shape index (κ1) is 15.1. The highest BCUT2D eigenvalue weighted by Gasteiger charge is 2.23. The highest BCUT2D eigenvalue weighted by molar-refractivity contribution is 5.66. The second kappa shape index (κ2) is 6.59. The molecule has 124 valence electrons. The molecule has 3 heterocycles. The summed E-state index contributed by atoms with van der Waals surface area (Å²) in [5.74, 6) is 1.05. The van der Waals surface area contributed by atoms with E-state index in [9.17, 15) is 0 Å². The number of hydrogen-bond acceptors (Lipinski definition) is 5. The molecule has 0 radical (unpaired) electrons. The van der Waals surface area contributed by atoms with Gasteiger partial charge in [-0.05, 0) is 13.0 Å². The van der Waals surface area contributed by atoms with Crippen molar-refractivity contribution in [2.45, 2.75) is 12.5 Å². The maximum atomic E-state index is 5.81. The first-order valence-corrected chi connectivity index (χ1v) is 8.32. The number of ether oxygens (including phenoxy) is 1. The molecule has 0 amide bonds. The fourth-order valence-corrected chi connectivity index (χ4v) is 3.17. The van der Waals surface area contributed by atoms with Crippen LogP contribution in [0.2, 0.25) is 0 Å². The van der Waals surface area contributed by atoms with Gasteiger partial charge in [-0.3, -0.25) is 0 Å². The molecule has 1 unspecified atom stereocenters. The molecular formula is C18H21N5O. The van der Waals surface area contributed by atoms with Crippen molar-refractivity contribution in [1.82, 2.24) is 14.6 Å². The Hall–Kier alpha value is -2.44. The van der Waals surface area contributed by atoms with Gasteiger partial charge in [0, 0.05) is 30.8 Å². The van der Waals surface area contributed by atoms with Crippen LogP contribution < -0.4 is 10.6 Å². The molecule has 1 aliphatic rings. The third kappa shape index (κ3) is 2.86. The number of nitrogens with two attached hydrogens (primary N) is 1. The van der Waals surface area contributed by atoms with Crippen molar-refractivity contribution in [1.29, 1.82) is 0 Å². The summed E-state index contributed by atoms with van der Waals surface area (Å²) in [6.07, 6.45) is 2.83. The van der Waals surface area contributed by atoms with Gasteiger partial charge in [0.1, 0.15) is 5.82 Å². The molecule has 2 N–H and O–H groups in total. The summed E-state index contributed by atoms with van der Waals surface area (Å²) >= 11 is 0. The third-order valence-corrected chi connectivity index (χ3v) is 4.36. The molecule has 4 rings (SSSR count). The van der Waals surface area contributed by atoms with Gasteiger partial charge in [0.25, 0.3) is 0 Å². The van der Waals surface area contributed by atoms with Crippen LogP contribution in [0.4, 0.5) is 5.82 Å². The number of morpholine rings is 1.